The van der Waals surface area contributed by atoms with Gasteiger partial charge in [-0.1, -0.05) is 37.0 Å². The van der Waals surface area contributed by atoms with Gasteiger partial charge in [-0.15, -0.1) is 0 Å². The Hall–Kier alpha value is -0.680. The van der Waals surface area contributed by atoms with Crippen LogP contribution in [0.1, 0.15) is 33.6 Å². The van der Waals surface area contributed by atoms with Crippen LogP contribution in [0, 0.1) is 26.9 Å². The van der Waals surface area contributed by atoms with Crippen molar-refractivity contribution in [3.8, 4) is 0 Å². The second-order valence-corrected chi connectivity index (χ2v) is 7.68. The third kappa shape index (κ3) is 1.74. The lowest BCUT2D eigenvalue weighted by Crippen LogP contribution is -2.43. The molecule has 0 saturated heterocycles. The Bertz CT molecular complexity index is 466. The van der Waals surface area contributed by atoms with Crippen LogP contribution in [-0.2, 0) is 9.59 Å². The summed E-state index contributed by atoms with van der Waals surface area (Å²) in [6.45, 7) is 4.96. The summed E-state index contributed by atoms with van der Waals surface area (Å²) in [5, 5.41) is 10.9. The van der Waals surface area contributed by atoms with Gasteiger partial charge in [0.25, 0.3) is 0 Å². The number of Topliss-reactive ketones (excluding diaryl/α,β-unsaturated/α-hetero) is 2. The summed E-state index contributed by atoms with van der Waals surface area (Å²) in [6, 6.07) is -1.12. The molecule has 0 heterocycles. The maximum absolute atomic E-state index is 12.3. The molecular weight excluding hydrogens is 293 g/mol. The monoisotopic (exact) mass is 307 g/mol. The first-order valence-electron chi connectivity index (χ1n) is 6.06. The molecule has 2 aliphatic carbocycles. The van der Waals surface area contributed by atoms with E-state index in [4.69, 9.17) is 23.2 Å². The van der Waals surface area contributed by atoms with E-state index in [0.29, 0.717) is 0 Å². The molecule has 0 aromatic rings. The Morgan fingerprint density at radius 1 is 1.26 bits per heavy atom. The normalized spacial score (nSPS) is 32.2. The van der Waals surface area contributed by atoms with Gasteiger partial charge in [0.1, 0.15) is 9.75 Å². The van der Waals surface area contributed by atoms with Crippen LogP contribution in [0.5, 0.6) is 0 Å². The summed E-state index contributed by atoms with van der Waals surface area (Å²) in [4.78, 5) is 35.0. The third-order valence-corrected chi connectivity index (χ3v) is 5.34. The predicted octanol–water partition coefficient (Wildman–Crippen LogP) is 2.40. The van der Waals surface area contributed by atoms with E-state index in [1.807, 2.05) is 13.8 Å². The number of carbonyl (C=O) groups excluding carboxylic acids is 2. The third-order valence-electron chi connectivity index (χ3n) is 4.27. The van der Waals surface area contributed by atoms with Gasteiger partial charge >= 0.3 is 0 Å². The van der Waals surface area contributed by atoms with Crippen LogP contribution in [0.15, 0.2) is 0 Å². The van der Waals surface area contributed by atoms with E-state index >= 15 is 0 Å². The molecule has 1 spiro atoms. The molecule has 0 unspecified atom stereocenters. The smallest absolute Gasteiger partial charge is 0.217 e. The lowest BCUT2D eigenvalue weighted by molar-refractivity contribution is -0.523. The number of hydrogen-bond acceptors (Lipinski definition) is 4. The first-order valence-corrected chi connectivity index (χ1v) is 6.82. The number of nitro groups is 1. The summed E-state index contributed by atoms with van der Waals surface area (Å²) in [6.07, 6.45) is 0.335. The molecule has 0 amide bonds. The van der Waals surface area contributed by atoms with E-state index < -0.39 is 32.0 Å². The summed E-state index contributed by atoms with van der Waals surface area (Å²) < 4.78 is -1.65. The minimum atomic E-state index is -1.65. The molecule has 0 bridgehead atoms. The van der Waals surface area contributed by atoms with Gasteiger partial charge in [0.2, 0.25) is 6.04 Å². The molecule has 2 atom stereocenters. The molecule has 0 aromatic heterocycles. The second kappa shape index (κ2) is 3.92. The number of alkyl halides is 2. The summed E-state index contributed by atoms with van der Waals surface area (Å²) in [5.74, 6) is -1.66. The average Bonchev–Trinajstić information content (AvgIpc) is 2.71. The summed E-state index contributed by atoms with van der Waals surface area (Å²) >= 11 is 12.2. The van der Waals surface area contributed by atoms with Crippen molar-refractivity contribution in [3.63, 3.8) is 0 Å². The largest absolute Gasteiger partial charge is 0.298 e. The first kappa shape index (κ1) is 14.7. The molecule has 2 aliphatic rings. The Morgan fingerprint density at radius 3 is 2.05 bits per heavy atom. The van der Waals surface area contributed by atoms with Gasteiger partial charge in [-0.3, -0.25) is 19.7 Å². The molecule has 2 saturated carbocycles. The van der Waals surface area contributed by atoms with Gasteiger partial charge in [-0.05, 0) is 5.41 Å². The van der Waals surface area contributed by atoms with Crippen molar-refractivity contribution in [2.24, 2.45) is 16.7 Å². The fourth-order valence-corrected chi connectivity index (χ4v) is 4.54. The number of hydrogen-bond donors (Lipinski definition) is 0. The van der Waals surface area contributed by atoms with Crippen LogP contribution in [0.4, 0.5) is 0 Å². The molecule has 0 N–H and O–H groups in total. The molecule has 7 heteroatoms. The Morgan fingerprint density at radius 2 is 1.68 bits per heavy atom. The molecule has 106 valence electrons. The molecular formula is C12H15Cl2NO4. The van der Waals surface area contributed by atoms with E-state index in [2.05, 4.69) is 0 Å². The highest BCUT2D eigenvalue weighted by Crippen LogP contribution is 2.74. The number of ketones is 2. The zero-order valence-corrected chi connectivity index (χ0v) is 12.4. The Kier molecular flexibility index (Phi) is 3.03. The van der Waals surface area contributed by atoms with Crippen LogP contribution < -0.4 is 0 Å². The number of halogens is 2. The lowest BCUT2D eigenvalue weighted by Gasteiger charge is -2.33. The maximum Gasteiger partial charge on any atom is 0.217 e. The van der Waals surface area contributed by atoms with E-state index in [1.165, 1.54) is 6.92 Å². The quantitative estimate of drug-likeness (QED) is 0.340. The van der Waals surface area contributed by atoms with Crippen molar-refractivity contribution in [1.29, 1.82) is 0 Å². The highest BCUT2D eigenvalue weighted by molar-refractivity contribution is 6.56. The first-order chi connectivity index (χ1) is 8.48. The SMILES string of the molecule is C[C@H]([C@H]1C(Cl)(Cl)C12C(=O)CC(C)(C)CC2=O)[N+](=O)[O-]. The van der Waals surface area contributed by atoms with E-state index in [-0.39, 0.29) is 24.4 Å². The molecule has 2 fully saturated rings. The van der Waals surface area contributed by atoms with E-state index in [0.717, 1.165) is 0 Å². The maximum atomic E-state index is 12.3. The second-order valence-electron chi connectivity index (χ2n) is 6.30. The van der Waals surface area contributed by atoms with Gasteiger partial charge < -0.3 is 0 Å². The topological polar surface area (TPSA) is 77.3 Å². The lowest BCUT2D eigenvalue weighted by atomic mass is 9.68. The molecule has 19 heavy (non-hydrogen) atoms. The van der Waals surface area contributed by atoms with Gasteiger partial charge in [0.15, 0.2) is 11.6 Å². The number of nitrogens with zero attached hydrogens (tertiary/aromatic N) is 1. The standard InChI is InChI=1S/C12H15Cl2NO4/c1-6(15(18)19)9-11(12(9,13)14)7(16)4-10(2,3)5-8(11)17/h6,9H,4-5H2,1-3H3/t6-,9-/m1/s1. The molecule has 0 aromatic carbocycles. The molecule has 5 nitrogen and oxygen atoms in total. The predicted molar refractivity (Wildman–Crippen MR) is 69.8 cm³/mol. The summed E-state index contributed by atoms with van der Waals surface area (Å²) in [5.41, 5.74) is -2.01. The fraction of sp³-hybridized carbons (Fsp3) is 0.833. The van der Waals surface area contributed by atoms with Crippen molar-refractivity contribution in [1.82, 2.24) is 0 Å². The Balaban J connectivity index is 2.42. The van der Waals surface area contributed by atoms with Crippen LogP contribution >= 0.6 is 23.2 Å². The Labute approximate surface area is 120 Å². The van der Waals surface area contributed by atoms with Gasteiger partial charge in [0, 0.05) is 24.7 Å². The molecule has 0 aliphatic heterocycles. The van der Waals surface area contributed by atoms with Crippen molar-refractivity contribution in [3.05, 3.63) is 10.1 Å². The highest BCUT2D eigenvalue weighted by Gasteiger charge is 2.87. The number of rotatable bonds is 2. The van der Waals surface area contributed by atoms with Crippen molar-refractivity contribution in [2.45, 2.75) is 44.0 Å². The van der Waals surface area contributed by atoms with Crippen LogP contribution in [0.25, 0.3) is 0 Å². The van der Waals surface area contributed by atoms with Crippen molar-refractivity contribution in [2.75, 3.05) is 0 Å². The van der Waals surface area contributed by atoms with Gasteiger partial charge in [0.05, 0.1) is 5.92 Å². The van der Waals surface area contributed by atoms with E-state index in [9.17, 15) is 19.7 Å². The number of carbonyl (C=O) groups is 2. The summed E-state index contributed by atoms with van der Waals surface area (Å²) in [7, 11) is 0. The van der Waals surface area contributed by atoms with Crippen molar-refractivity contribution >= 4 is 34.8 Å². The van der Waals surface area contributed by atoms with E-state index in [1.54, 1.807) is 0 Å². The van der Waals surface area contributed by atoms with Crippen molar-refractivity contribution < 1.29 is 14.5 Å². The fourth-order valence-electron chi connectivity index (χ4n) is 3.30. The van der Waals surface area contributed by atoms with Crippen LogP contribution in [0.3, 0.4) is 0 Å². The minimum Gasteiger partial charge on any atom is -0.298 e. The molecule has 2 rings (SSSR count). The van der Waals surface area contributed by atoms with Gasteiger partial charge in [-0.25, -0.2) is 0 Å². The van der Waals surface area contributed by atoms with Crippen LogP contribution in [0.2, 0.25) is 0 Å². The average molecular weight is 308 g/mol. The zero-order valence-electron chi connectivity index (χ0n) is 10.9. The zero-order chi connectivity index (χ0) is 14.8. The molecule has 0 radical (unpaired) electrons. The van der Waals surface area contributed by atoms with Gasteiger partial charge in [-0.2, -0.15) is 0 Å². The minimum absolute atomic E-state index is 0.168. The van der Waals surface area contributed by atoms with Crippen LogP contribution in [-0.4, -0.2) is 26.9 Å². The highest BCUT2D eigenvalue weighted by atomic mass is 35.5.